The molecule has 0 aliphatic carbocycles. The van der Waals surface area contributed by atoms with Crippen molar-refractivity contribution in [2.24, 2.45) is 0 Å². The molecule has 0 aromatic carbocycles. The molecule has 0 unspecified atom stereocenters. The normalized spacial score (nSPS) is 9.75. The van der Waals surface area contributed by atoms with Crippen LogP contribution in [0.25, 0.3) is 0 Å². The predicted octanol–water partition coefficient (Wildman–Crippen LogP) is 2.20. The molecule has 0 radical (unpaired) electrons. The highest BCUT2D eigenvalue weighted by molar-refractivity contribution is 7.99. The van der Waals surface area contributed by atoms with Crippen molar-refractivity contribution < 1.29 is 0 Å². The highest BCUT2D eigenvalue weighted by Crippen LogP contribution is 2.22. The number of nitriles is 1. The summed E-state index contributed by atoms with van der Waals surface area (Å²) in [5, 5.41) is 10.2. The summed E-state index contributed by atoms with van der Waals surface area (Å²) in [6.45, 7) is 1.84. The molecule has 78 valence electrons. The third kappa shape index (κ3) is 2.55. The fourth-order valence-electron chi connectivity index (χ4n) is 1.15. The SMILES string of the molecule is Cc1cc(C#N)nc(Sc2ccccn2)n1. The second-order valence-corrected chi connectivity index (χ2v) is 4.05. The summed E-state index contributed by atoms with van der Waals surface area (Å²) in [5.41, 5.74) is 1.16. The van der Waals surface area contributed by atoms with E-state index in [1.807, 2.05) is 31.2 Å². The van der Waals surface area contributed by atoms with E-state index in [-0.39, 0.29) is 0 Å². The second-order valence-electron chi connectivity index (χ2n) is 3.06. The second kappa shape index (κ2) is 4.73. The van der Waals surface area contributed by atoms with Gasteiger partial charge < -0.3 is 0 Å². The van der Waals surface area contributed by atoms with Gasteiger partial charge in [0.2, 0.25) is 0 Å². The van der Waals surface area contributed by atoms with Crippen molar-refractivity contribution in [2.45, 2.75) is 17.1 Å². The van der Waals surface area contributed by atoms with Crippen LogP contribution in [0.1, 0.15) is 11.4 Å². The average Bonchev–Trinajstić information content (AvgIpc) is 2.29. The van der Waals surface area contributed by atoms with Gasteiger partial charge in [-0.05, 0) is 36.9 Å². The molecule has 5 heteroatoms. The summed E-state index contributed by atoms with van der Waals surface area (Å²) >= 11 is 1.35. The van der Waals surface area contributed by atoms with Crippen LogP contribution in [0.4, 0.5) is 0 Å². The summed E-state index contributed by atoms with van der Waals surface area (Å²) in [6, 6.07) is 9.29. The number of pyridine rings is 1. The first-order valence-corrected chi connectivity index (χ1v) is 5.44. The van der Waals surface area contributed by atoms with Crippen molar-refractivity contribution in [1.29, 1.82) is 5.26 Å². The highest BCUT2D eigenvalue weighted by atomic mass is 32.2. The zero-order chi connectivity index (χ0) is 11.4. The van der Waals surface area contributed by atoms with E-state index >= 15 is 0 Å². The lowest BCUT2D eigenvalue weighted by Crippen LogP contribution is -1.93. The fraction of sp³-hybridized carbons (Fsp3) is 0.0909. The van der Waals surface area contributed by atoms with Gasteiger partial charge in [-0.25, -0.2) is 15.0 Å². The van der Waals surface area contributed by atoms with Crippen molar-refractivity contribution in [3.8, 4) is 6.07 Å². The van der Waals surface area contributed by atoms with Crippen LogP contribution in [0.2, 0.25) is 0 Å². The van der Waals surface area contributed by atoms with E-state index < -0.39 is 0 Å². The van der Waals surface area contributed by atoms with Crippen LogP contribution in [-0.2, 0) is 0 Å². The molecule has 0 aliphatic rings. The Labute approximate surface area is 97.4 Å². The van der Waals surface area contributed by atoms with E-state index in [1.54, 1.807) is 12.3 Å². The molecule has 2 rings (SSSR count). The van der Waals surface area contributed by atoms with Crippen LogP contribution < -0.4 is 0 Å². The van der Waals surface area contributed by atoms with Crippen LogP contribution in [0.5, 0.6) is 0 Å². The molecule has 0 N–H and O–H groups in total. The molecular formula is C11H8N4S. The molecule has 0 aliphatic heterocycles. The molecule has 4 nitrogen and oxygen atoms in total. The number of aromatic nitrogens is 3. The topological polar surface area (TPSA) is 62.5 Å². The van der Waals surface area contributed by atoms with Gasteiger partial charge in [-0.1, -0.05) is 6.07 Å². The lowest BCUT2D eigenvalue weighted by atomic mass is 10.4. The Hall–Kier alpha value is -1.93. The van der Waals surface area contributed by atoms with E-state index in [1.165, 1.54) is 11.8 Å². The first-order valence-electron chi connectivity index (χ1n) is 4.62. The van der Waals surface area contributed by atoms with Crippen LogP contribution in [0, 0.1) is 18.3 Å². The quantitative estimate of drug-likeness (QED) is 0.737. The molecule has 0 saturated carbocycles. The summed E-state index contributed by atoms with van der Waals surface area (Å²) in [6.07, 6.45) is 1.71. The largest absolute Gasteiger partial charge is 0.249 e. The van der Waals surface area contributed by atoms with Gasteiger partial charge in [0.1, 0.15) is 16.8 Å². The number of hydrogen-bond acceptors (Lipinski definition) is 5. The van der Waals surface area contributed by atoms with Crippen molar-refractivity contribution in [3.63, 3.8) is 0 Å². The zero-order valence-corrected chi connectivity index (χ0v) is 9.40. The molecule has 16 heavy (non-hydrogen) atoms. The standard InChI is InChI=1S/C11H8N4S/c1-8-6-9(7-12)15-11(14-8)16-10-4-2-3-5-13-10/h2-6H,1H3. The molecular weight excluding hydrogens is 220 g/mol. The van der Waals surface area contributed by atoms with Gasteiger partial charge in [0.15, 0.2) is 5.16 Å². The van der Waals surface area contributed by atoms with Crippen LogP contribution in [-0.4, -0.2) is 15.0 Å². The average molecular weight is 228 g/mol. The molecule has 0 atom stereocenters. The number of nitrogens with zero attached hydrogens (tertiary/aromatic N) is 4. The van der Waals surface area contributed by atoms with Crippen molar-refractivity contribution in [1.82, 2.24) is 15.0 Å². The minimum absolute atomic E-state index is 0.380. The van der Waals surface area contributed by atoms with Crippen LogP contribution >= 0.6 is 11.8 Å². The zero-order valence-electron chi connectivity index (χ0n) is 8.58. The molecule has 0 spiro atoms. The molecule has 2 aromatic rings. The summed E-state index contributed by atoms with van der Waals surface area (Å²) < 4.78 is 0. The first-order chi connectivity index (χ1) is 7.78. The van der Waals surface area contributed by atoms with Gasteiger partial charge in [0.25, 0.3) is 0 Å². The third-order valence-corrected chi connectivity index (χ3v) is 2.60. The minimum atomic E-state index is 0.380. The lowest BCUT2D eigenvalue weighted by Gasteiger charge is -2.00. The molecule has 0 bridgehead atoms. The predicted molar refractivity (Wildman–Crippen MR) is 59.8 cm³/mol. The van der Waals surface area contributed by atoms with Gasteiger partial charge in [0, 0.05) is 11.9 Å². The molecule has 2 heterocycles. The van der Waals surface area contributed by atoms with E-state index in [0.29, 0.717) is 10.9 Å². The Morgan fingerprint density at radius 1 is 1.31 bits per heavy atom. The summed E-state index contributed by atoms with van der Waals surface area (Å²) in [5.74, 6) is 0. The minimum Gasteiger partial charge on any atom is -0.249 e. The van der Waals surface area contributed by atoms with Crippen molar-refractivity contribution >= 4 is 11.8 Å². The smallest absolute Gasteiger partial charge is 0.195 e. The Kier molecular flexibility index (Phi) is 3.13. The van der Waals surface area contributed by atoms with Crippen LogP contribution in [0.3, 0.4) is 0 Å². The molecule has 0 fully saturated rings. The fourth-order valence-corrected chi connectivity index (χ4v) is 1.93. The number of aryl methyl sites for hydroxylation is 1. The Morgan fingerprint density at radius 3 is 2.88 bits per heavy atom. The molecule has 2 aromatic heterocycles. The molecule has 0 amide bonds. The number of rotatable bonds is 2. The highest BCUT2D eigenvalue weighted by Gasteiger charge is 2.04. The Morgan fingerprint density at radius 2 is 2.19 bits per heavy atom. The van der Waals surface area contributed by atoms with Crippen molar-refractivity contribution in [2.75, 3.05) is 0 Å². The Balaban J connectivity index is 2.29. The summed E-state index contributed by atoms with van der Waals surface area (Å²) in [4.78, 5) is 12.5. The van der Waals surface area contributed by atoms with Gasteiger partial charge >= 0.3 is 0 Å². The third-order valence-electron chi connectivity index (χ3n) is 1.78. The van der Waals surface area contributed by atoms with Crippen LogP contribution in [0.15, 0.2) is 40.6 Å². The van der Waals surface area contributed by atoms with E-state index in [2.05, 4.69) is 15.0 Å². The maximum Gasteiger partial charge on any atom is 0.195 e. The van der Waals surface area contributed by atoms with Crippen molar-refractivity contribution in [3.05, 3.63) is 41.9 Å². The maximum atomic E-state index is 8.79. The van der Waals surface area contributed by atoms with Gasteiger partial charge in [-0.3, -0.25) is 0 Å². The van der Waals surface area contributed by atoms with Gasteiger partial charge in [-0.2, -0.15) is 5.26 Å². The van der Waals surface area contributed by atoms with Gasteiger partial charge in [0.05, 0.1) is 0 Å². The lowest BCUT2D eigenvalue weighted by molar-refractivity contribution is 0.915. The van der Waals surface area contributed by atoms with Gasteiger partial charge in [-0.15, -0.1) is 0 Å². The first kappa shape index (κ1) is 10.6. The van der Waals surface area contributed by atoms with E-state index in [4.69, 9.17) is 5.26 Å². The van der Waals surface area contributed by atoms with E-state index in [9.17, 15) is 0 Å². The molecule has 0 saturated heterocycles. The monoisotopic (exact) mass is 228 g/mol. The Bertz CT molecular complexity index is 533. The van der Waals surface area contributed by atoms with E-state index in [0.717, 1.165) is 10.7 Å². The number of hydrogen-bond donors (Lipinski definition) is 0. The maximum absolute atomic E-state index is 8.79. The summed E-state index contributed by atoms with van der Waals surface area (Å²) in [7, 11) is 0.